The van der Waals surface area contributed by atoms with Crippen LogP contribution < -0.4 is 0 Å². The summed E-state index contributed by atoms with van der Waals surface area (Å²) in [5.74, 6) is 0. The third kappa shape index (κ3) is 4.57. The van der Waals surface area contributed by atoms with Gasteiger partial charge in [-0.05, 0) is 94.0 Å². The van der Waals surface area contributed by atoms with Crippen molar-refractivity contribution in [3.8, 4) is 44.8 Å². The van der Waals surface area contributed by atoms with Gasteiger partial charge in [0, 0.05) is 32.9 Å². The Labute approximate surface area is 290 Å². The predicted octanol–water partition coefficient (Wildman–Crippen LogP) is 12.9. The predicted molar refractivity (Wildman–Crippen MR) is 211 cm³/mol. The summed E-state index contributed by atoms with van der Waals surface area (Å²) in [4.78, 5) is 0. The molecular weight excluding hydrogens is 605 g/mol. The van der Waals surface area contributed by atoms with Crippen molar-refractivity contribution in [3.05, 3.63) is 194 Å². The Morgan fingerprint density at radius 3 is 1.22 bits per heavy atom. The van der Waals surface area contributed by atoms with Crippen molar-refractivity contribution < 1.29 is 0 Å². The number of nitrogens with zero attached hydrogens (tertiary/aromatic N) is 2. The molecule has 2 nitrogen and oxygen atoms in total. The normalized spacial score (nSPS) is 11.6. The molecule has 0 radical (unpaired) electrons. The second kappa shape index (κ2) is 11.5. The Morgan fingerprint density at radius 1 is 0.220 bits per heavy atom. The molecule has 0 N–H and O–H groups in total. The number of para-hydroxylation sites is 3. The van der Waals surface area contributed by atoms with Crippen molar-refractivity contribution in [1.82, 2.24) is 9.13 Å². The van der Waals surface area contributed by atoms with Crippen LogP contribution >= 0.6 is 0 Å². The quantitative estimate of drug-likeness (QED) is 0.178. The van der Waals surface area contributed by atoms with Crippen molar-refractivity contribution >= 4 is 43.6 Å². The monoisotopic (exact) mass is 636 g/mol. The van der Waals surface area contributed by atoms with Crippen LogP contribution in [0.1, 0.15) is 0 Å². The van der Waals surface area contributed by atoms with Crippen LogP contribution in [0.4, 0.5) is 0 Å². The lowest BCUT2D eigenvalue weighted by atomic mass is 9.95. The molecule has 2 heteroatoms. The Hall–Kier alpha value is -6.64. The van der Waals surface area contributed by atoms with Gasteiger partial charge in [0.15, 0.2) is 0 Å². The summed E-state index contributed by atoms with van der Waals surface area (Å²) in [6, 6.07) is 70.5. The Morgan fingerprint density at radius 2 is 0.620 bits per heavy atom. The second-order valence-corrected chi connectivity index (χ2v) is 13.0. The van der Waals surface area contributed by atoms with E-state index >= 15 is 0 Å². The van der Waals surface area contributed by atoms with Crippen molar-refractivity contribution in [2.45, 2.75) is 0 Å². The van der Waals surface area contributed by atoms with Gasteiger partial charge in [0.2, 0.25) is 0 Å². The Balaban J connectivity index is 1.21. The molecule has 0 bridgehead atoms. The molecule has 0 spiro atoms. The minimum Gasteiger partial charge on any atom is -0.309 e. The molecule has 50 heavy (non-hydrogen) atoms. The van der Waals surface area contributed by atoms with E-state index in [1.54, 1.807) is 0 Å². The maximum Gasteiger partial charge on any atom is 0.0542 e. The van der Waals surface area contributed by atoms with Crippen LogP contribution in [0.15, 0.2) is 194 Å². The topological polar surface area (TPSA) is 9.86 Å². The fourth-order valence-corrected chi connectivity index (χ4v) is 7.79. The Bertz CT molecular complexity index is 2800. The highest BCUT2D eigenvalue weighted by Crippen LogP contribution is 2.39. The van der Waals surface area contributed by atoms with E-state index in [1.165, 1.54) is 77.0 Å². The number of rotatable bonds is 5. The minimum absolute atomic E-state index is 1.14. The molecule has 234 valence electrons. The lowest BCUT2D eigenvalue weighted by molar-refractivity contribution is 1.17. The summed E-state index contributed by atoms with van der Waals surface area (Å²) < 4.78 is 4.85. The molecule has 8 aromatic carbocycles. The van der Waals surface area contributed by atoms with Gasteiger partial charge in [-0.15, -0.1) is 0 Å². The van der Waals surface area contributed by atoms with E-state index in [0.29, 0.717) is 0 Å². The zero-order valence-electron chi connectivity index (χ0n) is 27.4. The van der Waals surface area contributed by atoms with Crippen LogP contribution in [0.5, 0.6) is 0 Å². The molecule has 0 aliphatic heterocycles. The van der Waals surface area contributed by atoms with Gasteiger partial charge in [-0.3, -0.25) is 0 Å². The first-order valence-electron chi connectivity index (χ1n) is 17.2. The van der Waals surface area contributed by atoms with Gasteiger partial charge >= 0.3 is 0 Å². The molecular formula is C48H32N2. The van der Waals surface area contributed by atoms with E-state index in [2.05, 4.69) is 203 Å². The average Bonchev–Trinajstić information content (AvgIpc) is 3.71. The Kier molecular flexibility index (Phi) is 6.53. The smallest absolute Gasteiger partial charge is 0.0542 e. The van der Waals surface area contributed by atoms with Crippen LogP contribution in [0.25, 0.3) is 88.4 Å². The van der Waals surface area contributed by atoms with Crippen LogP contribution in [0.2, 0.25) is 0 Å². The van der Waals surface area contributed by atoms with E-state index in [0.717, 1.165) is 11.4 Å². The molecule has 0 fully saturated rings. The highest BCUT2D eigenvalue weighted by Gasteiger charge is 2.17. The van der Waals surface area contributed by atoms with Crippen LogP contribution in [-0.4, -0.2) is 9.13 Å². The first-order valence-corrected chi connectivity index (χ1v) is 17.2. The molecule has 0 saturated carbocycles. The number of hydrogen-bond acceptors (Lipinski definition) is 0. The second-order valence-electron chi connectivity index (χ2n) is 13.0. The van der Waals surface area contributed by atoms with Gasteiger partial charge in [0.05, 0.1) is 22.1 Å². The number of hydrogen-bond donors (Lipinski definition) is 0. The molecule has 0 aliphatic carbocycles. The molecule has 2 aromatic heterocycles. The first-order chi connectivity index (χ1) is 24.8. The highest BCUT2D eigenvalue weighted by molar-refractivity contribution is 6.12. The third-order valence-electron chi connectivity index (χ3n) is 10.1. The third-order valence-corrected chi connectivity index (χ3v) is 10.1. The van der Waals surface area contributed by atoms with Crippen molar-refractivity contribution in [2.75, 3.05) is 0 Å². The summed E-state index contributed by atoms with van der Waals surface area (Å²) in [6.07, 6.45) is 0. The van der Waals surface area contributed by atoms with Gasteiger partial charge in [-0.25, -0.2) is 0 Å². The minimum atomic E-state index is 1.14. The maximum absolute atomic E-state index is 2.44. The fourth-order valence-electron chi connectivity index (χ4n) is 7.79. The molecule has 0 amide bonds. The summed E-state index contributed by atoms with van der Waals surface area (Å²) in [5, 5.41) is 5.01. The molecule has 10 aromatic rings. The van der Waals surface area contributed by atoms with E-state index in [9.17, 15) is 0 Å². The van der Waals surface area contributed by atoms with Crippen molar-refractivity contribution in [3.63, 3.8) is 0 Å². The molecule has 0 unspecified atom stereocenters. The summed E-state index contributed by atoms with van der Waals surface area (Å²) >= 11 is 0. The van der Waals surface area contributed by atoms with Crippen molar-refractivity contribution in [1.29, 1.82) is 0 Å². The maximum atomic E-state index is 2.44. The molecule has 0 saturated heterocycles. The molecule has 2 heterocycles. The summed E-state index contributed by atoms with van der Waals surface area (Å²) in [7, 11) is 0. The number of aromatic nitrogens is 2. The van der Waals surface area contributed by atoms with Gasteiger partial charge in [0.25, 0.3) is 0 Å². The van der Waals surface area contributed by atoms with Crippen LogP contribution in [-0.2, 0) is 0 Å². The largest absolute Gasteiger partial charge is 0.309 e. The van der Waals surface area contributed by atoms with E-state index in [1.807, 2.05) is 0 Å². The van der Waals surface area contributed by atoms with E-state index < -0.39 is 0 Å². The fraction of sp³-hybridized carbons (Fsp3) is 0. The van der Waals surface area contributed by atoms with Crippen molar-refractivity contribution in [2.24, 2.45) is 0 Å². The van der Waals surface area contributed by atoms with Gasteiger partial charge < -0.3 is 9.13 Å². The van der Waals surface area contributed by atoms with Gasteiger partial charge in [-0.2, -0.15) is 0 Å². The molecule has 0 atom stereocenters. The standard InChI is InChI=1S/C48H32N2/c1-3-14-33(15-4-1)35-18-13-19-36(28-35)38-29-37(34-16-5-2-6-17-34)30-40(31-38)50-47-25-12-9-22-43(47)44-32-39(26-27-48(44)50)49-45-23-10-7-20-41(45)42-21-8-11-24-46(42)49/h1-32H. The van der Waals surface area contributed by atoms with E-state index in [-0.39, 0.29) is 0 Å². The molecule has 10 rings (SSSR count). The molecule has 0 aliphatic rings. The van der Waals surface area contributed by atoms with Crippen LogP contribution in [0, 0.1) is 0 Å². The SMILES string of the molecule is c1ccc(-c2cccc(-c3cc(-c4ccccc4)cc(-n4c5ccccc5c5cc(-n6c7ccccc7c7ccccc76)ccc54)c3)c2)cc1. The lowest BCUT2D eigenvalue weighted by Gasteiger charge is -2.15. The highest BCUT2D eigenvalue weighted by atomic mass is 15.0. The van der Waals surface area contributed by atoms with E-state index in [4.69, 9.17) is 0 Å². The summed E-state index contributed by atoms with van der Waals surface area (Å²) in [5.41, 5.74) is 14.3. The number of fused-ring (bicyclic) bond motifs is 6. The zero-order chi connectivity index (χ0) is 33.0. The van der Waals surface area contributed by atoms with Gasteiger partial charge in [0.1, 0.15) is 0 Å². The van der Waals surface area contributed by atoms with Gasteiger partial charge in [-0.1, -0.05) is 133 Å². The zero-order valence-corrected chi connectivity index (χ0v) is 27.4. The average molecular weight is 637 g/mol. The number of benzene rings is 8. The van der Waals surface area contributed by atoms with Crippen LogP contribution in [0.3, 0.4) is 0 Å². The summed E-state index contributed by atoms with van der Waals surface area (Å²) in [6.45, 7) is 0. The lowest BCUT2D eigenvalue weighted by Crippen LogP contribution is -1.97. The first kappa shape index (κ1) is 28.4.